The van der Waals surface area contributed by atoms with Gasteiger partial charge in [0.15, 0.2) is 0 Å². The van der Waals surface area contributed by atoms with E-state index < -0.39 is 17.2 Å². The molecular formula is C25H20N2O4. The molecular weight excluding hydrogens is 392 g/mol. The predicted octanol–water partition coefficient (Wildman–Crippen LogP) is 4.22. The highest BCUT2D eigenvalue weighted by Crippen LogP contribution is 2.34. The van der Waals surface area contributed by atoms with Crippen molar-refractivity contribution in [2.75, 3.05) is 0 Å². The Bertz CT molecular complexity index is 1430. The standard InChI is InChI=1S/C25H20N2O4/c1-15-10-11-19-17(13-22(28)31-21(19)12-15)14-27-23(29)25(2,26-24(27)30)20-9-5-7-16-6-3-4-8-18(16)20/h3-13H,14H2,1-2H3,(H,26,30)/t25-/m1/s1. The Kier molecular flexibility index (Phi) is 4.18. The molecule has 3 amide bonds. The molecule has 6 heteroatoms. The number of nitrogens with one attached hydrogen (secondary N) is 1. The number of aryl methyl sites for hydroxylation is 1. The molecule has 1 aromatic heterocycles. The Morgan fingerprint density at radius 1 is 0.935 bits per heavy atom. The molecule has 6 nitrogen and oxygen atoms in total. The van der Waals surface area contributed by atoms with Gasteiger partial charge in [-0.1, -0.05) is 54.6 Å². The van der Waals surface area contributed by atoms with E-state index in [1.807, 2.05) is 61.5 Å². The number of nitrogens with zero attached hydrogens (tertiary/aromatic N) is 1. The number of rotatable bonds is 3. The third-order valence-electron chi connectivity index (χ3n) is 5.92. The Morgan fingerprint density at radius 3 is 2.55 bits per heavy atom. The maximum Gasteiger partial charge on any atom is 0.336 e. The van der Waals surface area contributed by atoms with E-state index in [1.54, 1.807) is 13.0 Å². The van der Waals surface area contributed by atoms with Crippen molar-refractivity contribution < 1.29 is 14.0 Å². The van der Waals surface area contributed by atoms with Crippen molar-refractivity contribution in [3.63, 3.8) is 0 Å². The summed E-state index contributed by atoms with van der Waals surface area (Å²) < 4.78 is 5.30. The van der Waals surface area contributed by atoms with Crippen LogP contribution in [0.15, 0.2) is 75.9 Å². The van der Waals surface area contributed by atoms with E-state index in [1.165, 1.54) is 6.07 Å². The van der Waals surface area contributed by atoms with Crippen molar-refractivity contribution >= 4 is 33.7 Å². The molecule has 5 rings (SSSR count). The number of hydrogen-bond acceptors (Lipinski definition) is 4. The second-order valence-corrected chi connectivity index (χ2v) is 8.06. The molecule has 0 saturated carbocycles. The molecule has 0 bridgehead atoms. The van der Waals surface area contributed by atoms with Gasteiger partial charge in [0, 0.05) is 11.5 Å². The number of amides is 3. The summed E-state index contributed by atoms with van der Waals surface area (Å²) in [5, 5.41) is 5.46. The van der Waals surface area contributed by atoms with Gasteiger partial charge in [-0.15, -0.1) is 0 Å². The predicted molar refractivity (Wildman–Crippen MR) is 118 cm³/mol. The number of benzene rings is 3. The minimum atomic E-state index is -1.20. The largest absolute Gasteiger partial charge is 0.423 e. The second kappa shape index (κ2) is 6.80. The fourth-order valence-electron chi connectivity index (χ4n) is 4.32. The summed E-state index contributed by atoms with van der Waals surface area (Å²) in [4.78, 5) is 39.6. The van der Waals surface area contributed by atoms with Crippen molar-refractivity contribution in [1.82, 2.24) is 10.2 Å². The minimum absolute atomic E-state index is 0.0177. The summed E-state index contributed by atoms with van der Waals surface area (Å²) in [5.74, 6) is -0.359. The van der Waals surface area contributed by atoms with Gasteiger partial charge in [-0.3, -0.25) is 9.69 Å². The highest BCUT2D eigenvalue weighted by molar-refractivity contribution is 6.09. The topological polar surface area (TPSA) is 79.6 Å². The van der Waals surface area contributed by atoms with Crippen LogP contribution in [0.1, 0.15) is 23.6 Å². The van der Waals surface area contributed by atoms with E-state index in [0.717, 1.165) is 26.8 Å². The molecule has 0 radical (unpaired) electrons. The molecule has 1 saturated heterocycles. The van der Waals surface area contributed by atoms with Gasteiger partial charge in [0.2, 0.25) is 0 Å². The van der Waals surface area contributed by atoms with Gasteiger partial charge in [0.25, 0.3) is 5.91 Å². The summed E-state index contributed by atoms with van der Waals surface area (Å²) in [6.07, 6.45) is 0. The van der Waals surface area contributed by atoms with Crippen LogP contribution in [-0.2, 0) is 16.9 Å². The van der Waals surface area contributed by atoms with Crippen LogP contribution in [0.25, 0.3) is 21.7 Å². The molecule has 0 unspecified atom stereocenters. The number of urea groups is 1. The molecule has 1 fully saturated rings. The fourth-order valence-corrected chi connectivity index (χ4v) is 4.32. The Labute approximate surface area is 178 Å². The van der Waals surface area contributed by atoms with Gasteiger partial charge in [-0.25, -0.2) is 9.59 Å². The normalized spacial score (nSPS) is 18.7. The molecule has 1 atom stereocenters. The third-order valence-corrected chi connectivity index (χ3v) is 5.92. The van der Waals surface area contributed by atoms with Gasteiger partial charge >= 0.3 is 11.7 Å². The van der Waals surface area contributed by atoms with Gasteiger partial charge in [0.1, 0.15) is 11.1 Å². The summed E-state index contributed by atoms with van der Waals surface area (Å²) in [5.41, 5.74) is 0.968. The molecule has 4 aromatic rings. The molecule has 154 valence electrons. The van der Waals surface area contributed by atoms with Gasteiger partial charge in [-0.05, 0) is 47.4 Å². The lowest BCUT2D eigenvalue weighted by Crippen LogP contribution is -2.41. The van der Waals surface area contributed by atoms with Crippen LogP contribution >= 0.6 is 0 Å². The molecule has 1 N–H and O–H groups in total. The zero-order valence-corrected chi connectivity index (χ0v) is 17.1. The van der Waals surface area contributed by atoms with Crippen LogP contribution in [0.5, 0.6) is 0 Å². The number of fused-ring (bicyclic) bond motifs is 2. The molecule has 31 heavy (non-hydrogen) atoms. The lowest BCUT2D eigenvalue weighted by Gasteiger charge is -2.24. The quantitative estimate of drug-likeness (QED) is 0.404. The zero-order valence-electron chi connectivity index (χ0n) is 17.1. The van der Waals surface area contributed by atoms with E-state index >= 15 is 0 Å². The van der Waals surface area contributed by atoms with Gasteiger partial charge in [-0.2, -0.15) is 0 Å². The number of imide groups is 1. The van der Waals surface area contributed by atoms with Crippen molar-refractivity contribution in [3.8, 4) is 0 Å². The number of hydrogen-bond donors (Lipinski definition) is 1. The van der Waals surface area contributed by atoms with Crippen LogP contribution in [0.3, 0.4) is 0 Å². The number of carbonyl (C=O) groups excluding carboxylic acids is 2. The van der Waals surface area contributed by atoms with E-state index in [4.69, 9.17) is 4.42 Å². The van der Waals surface area contributed by atoms with Gasteiger partial charge < -0.3 is 9.73 Å². The van der Waals surface area contributed by atoms with Crippen molar-refractivity contribution in [2.24, 2.45) is 0 Å². The number of carbonyl (C=O) groups is 2. The Hall–Kier alpha value is -3.93. The highest BCUT2D eigenvalue weighted by Gasteiger charge is 2.49. The summed E-state index contributed by atoms with van der Waals surface area (Å²) in [7, 11) is 0. The van der Waals surface area contributed by atoms with Crippen molar-refractivity contribution in [2.45, 2.75) is 25.9 Å². The molecule has 0 spiro atoms. The summed E-state index contributed by atoms with van der Waals surface area (Å²) >= 11 is 0. The first-order chi connectivity index (χ1) is 14.9. The minimum Gasteiger partial charge on any atom is -0.423 e. The Morgan fingerprint density at radius 2 is 1.71 bits per heavy atom. The summed E-state index contributed by atoms with van der Waals surface area (Å²) in [6.45, 7) is 3.60. The molecule has 2 heterocycles. The first-order valence-corrected chi connectivity index (χ1v) is 10.0. The lowest BCUT2D eigenvalue weighted by atomic mass is 9.87. The molecule has 0 aliphatic carbocycles. The first kappa shape index (κ1) is 19.1. The Balaban J connectivity index is 1.57. The van der Waals surface area contributed by atoms with E-state index in [0.29, 0.717) is 16.5 Å². The summed E-state index contributed by atoms with van der Waals surface area (Å²) in [6, 6.07) is 19.8. The average Bonchev–Trinajstić information content (AvgIpc) is 2.96. The zero-order chi connectivity index (χ0) is 21.8. The van der Waals surface area contributed by atoms with Gasteiger partial charge in [0.05, 0.1) is 6.54 Å². The van der Waals surface area contributed by atoms with E-state index in [9.17, 15) is 14.4 Å². The monoisotopic (exact) mass is 412 g/mol. The second-order valence-electron chi connectivity index (χ2n) is 8.06. The van der Waals surface area contributed by atoms with Crippen molar-refractivity contribution in [1.29, 1.82) is 0 Å². The van der Waals surface area contributed by atoms with Crippen LogP contribution in [0, 0.1) is 6.92 Å². The maximum atomic E-state index is 13.5. The molecule has 1 aliphatic heterocycles. The molecule has 3 aromatic carbocycles. The van der Waals surface area contributed by atoms with Crippen LogP contribution in [0.2, 0.25) is 0 Å². The highest BCUT2D eigenvalue weighted by atomic mass is 16.4. The fraction of sp³-hybridized carbons (Fsp3) is 0.160. The maximum absolute atomic E-state index is 13.5. The lowest BCUT2D eigenvalue weighted by molar-refractivity contribution is -0.131. The smallest absolute Gasteiger partial charge is 0.336 e. The molecule has 1 aliphatic rings. The SMILES string of the molecule is Cc1ccc2c(CN3C(=O)N[C@](C)(c4cccc5ccccc45)C3=O)cc(=O)oc2c1. The average molecular weight is 412 g/mol. The van der Waals surface area contributed by atoms with Crippen molar-refractivity contribution in [3.05, 3.63) is 93.8 Å². The first-order valence-electron chi connectivity index (χ1n) is 10.0. The van der Waals surface area contributed by atoms with E-state index in [-0.39, 0.29) is 12.5 Å². The third kappa shape index (κ3) is 2.99. The van der Waals surface area contributed by atoms with Crippen LogP contribution < -0.4 is 10.9 Å². The van der Waals surface area contributed by atoms with Crippen LogP contribution in [0.4, 0.5) is 4.79 Å². The van der Waals surface area contributed by atoms with E-state index in [2.05, 4.69) is 5.32 Å². The van der Waals surface area contributed by atoms with Crippen LogP contribution in [-0.4, -0.2) is 16.8 Å².